The Morgan fingerprint density at radius 1 is 1.07 bits per heavy atom. The number of anilines is 1. The van der Waals surface area contributed by atoms with Gasteiger partial charge in [-0.3, -0.25) is 24.6 Å². The highest BCUT2D eigenvalue weighted by Crippen LogP contribution is 2.45. The van der Waals surface area contributed by atoms with E-state index in [9.17, 15) is 19.7 Å². The highest BCUT2D eigenvalue weighted by molar-refractivity contribution is 6.07. The number of methoxy groups -OCH3 is 1. The van der Waals surface area contributed by atoms with E-state index in [1.165, 1.54) is 12.1 Å². The third kappa shape index (κ3) is 3.29. The number of hydrogen-bond donors (Lipinski definition) is 0. The zero-order valence-corrected chi connectivity index (χ0v) is 16.0. The quantitative estimate of drug-likeness (QED) is 0.576. The summed E-state index contributed by atoms with van der Waals surface area (Å²) in [4.78, 5) is 38.1. The number of ether oxygens (including phenoxy) is 1. The van der Waals surface area contributed by atoms with Crippen LogP contribution in [0, 0.1) is 10.1 Å². The van der Waals surface area contributed by atoms with Crippen molar-refractivity contribution in [2.24, 2.45) is 0 Å². The predicted octanol–water partition coefficient (Wildman–Crippen LogP) is 4.13. The lowest BCUT2D eigenvalue weighted by Crippen LogP contribution is -2.40. The minimum atomic E-state index is -0.478. The number of benzene rings is 2. The van der Waals surface area contributed by atoms with Crippen LogP contribution in [0.25, 0.3) is 0 Å². The number of ketones is 1. The molecular weight excluding hydrogens is 372 g/mol. The Balaban J connectivity index is 1.84. The van der Waals surface area contributed by atoms with Gasteiger partial charge >= 0.3 is 0 Å². The number of Topliss-reactive ketones (excluding diaryl/α,β-unsaturated/α-hetero) is 1. The number of amides is 1. The fourth-order valence-corrected chi connectivity index (χ4v) is 4.24. The fraction of sp³-hybridized carbons (Fsp3) is 0.273. The van der Waals surface area contributed by atoms with Crippen molar-refractivity contribution in [3.05, 3.63) is 75.5 Å². The molecule has 2 aromatic rings. The first-order valence-corrected chi connectivity index (χ1v) is 9.48. The van der Waals surface area contributed by atoms with Crippen molar-refractivity contribution in [1.29, 1.82) is 0 Å². The second kappa shape index (κ2) is 7.50. The molecule has 0 aromatic heterocycles. The van der Waals surface area contributed by atoms with Crippen molar-refractivity contribution in [2.45, 2.75) is 31.6 Å². The molecule has 0 fully saturated rings. The van der Waals surface area contributed by atoms with Gasteiger partial charge in [-0.15, -0.1) is 0 Å². The maximum atomic E-state index is 13.2. The Morgan fingerprint density at radius 3 is 2.48 bits per heavy atom. The van der Waals surface area contributed by atoms with Crippen molar-refractivity contribution in [3.8, 4) is 5.75 Å². The van der Waals surface area contributed by atoms with E-state index in [0.717, 1.165) is 5.56 Å². The normalized spacial score (nSPS) is 19.2. The molecule has 1 unspecified atom stereocenters. The monoisotopic (exact) mass is 392 g/mol. The van der Waals surface area contributed by atoms with Crippen LogP contribution in [0.15, 0.2) is 59.8 Å². The van der Waals surface area contributed by atoms with Crippen LogP contribution in [0.3, 0.4) is 0 Å². The molecule has 0 saturated carbocycles. The Hall–Kier alpha value is -3.48. The number of rotatable bonds is 4. The minimum Gasteiger partial charge on any atom is -0.496 e. The molecule has 4 rings (SSSR count). The van der Waals surface area contributed by atoms with Crippen LogP contribution in [0.2, 0.25) is 0 Å². The van der Waals surface area contributed by atoms with Gasteiger partial charge in [-0.05, 0) is 31.0 Å². The Kier molecular flexibility index (Phi) is 4.88. The molecule has 1 atom stereocenters. The van der Waals surface area contributed by atoms with Crippen molar-refractivity contribution < 1.29 is 19.2 Å². The number of hydrogen-bond acceptors (Lipinski definition) is 5. The number of carbonyl (C=O) groups is 2. The van der Waals surface area contributed by atoms with Gasteiger partial charge in [0.25, 0.3) is 5.69 Å². The van der Waals surface area contributed by atoms with Crippen molar-refractivity contribution in [1.82, 2.24) is 0 Å². The largest absolute Gasteiger partial charge is 0.496 e. The van der Waals surface area contributed by atoms with Crippen LogP contribution in [-0.4, -0.2) is 23.7 Å². The van der Waals surface area contributed by atoms with E-state index in [2.05, 4.69) is 0 Å². The van der Waals surface area contributed by atoms with Gasteiger partial charge in [0.05, 0.1) is 12.0 Å². The summed E-state index contributed by atoms with van der Waals surface area (Å²) >= 11 is 0. The summed E-state index contributed by atoms with van der Waals surface area (Å²) in [6.07, 6.45) is 1.87. The molecule has 0 N–H and O–H groups in total. The first kappa shape index (κ1) is 18.9. The van der Waals surface area contributed by atoms with Crippen molar-refractivity contribution in [3.63, 3.8) is 0 Å². The summed E-state index contributed by atoms with van der Waals surface area (Å²) < 4.78 is 5.47. The summed E-state index contributed by atoms with van der Waals surface area (Å²) in [6, 6.07) is 13.3. The molecule has 0 spiro atoms. The summed E-state index contributed by atoms with van der Waals surface area (Å²) in [7, 11) is 1.57. The second-order valence-corrected chi connectivity index (χ2v) is 7.14. The lowest BCUT2D eigenvalue weighted by atomic mass is 9.77. The van der Waals surface area contributed by atoms with Gasteiger partial charge in [0.1, 0.15) is 5.75 Å². The summed E-state index contributed by atoms with van der Waals surface area (Å²) in [5.74, 6) is 0.208. The zero-order valence-electron chi connectivity index (χ0n) is 16.0. The molecule has 7 nitrogen and oxygen atoms in total. The third-order valence-corrected chi connectivity index (χ3v) is 5.51. The molecule has 0 bridgehead atoms. The highest BCUT2D eigenvalue weighted by Gasteiger charge is 2.40. The lowest BCUT2D eigenvalue weighted by Gasteiger charge is -2.38. The molecule has 0 saturated heterocycles. The lowest BCUT2D eigenvalue weighted by molar-refractivity contribution is -0.384. The summed E-state index contributed by atoms with van der Waals surface area (Å²) in [6.45, 7) is 0. The highest BCUT2D eigenvalue weighted by atomic mass is 16.6. The van der Waals surface area contributed by atoms with Crippen molar-refractivity contribution >= 4 is 23.1 Å². The minimum absolute atomic E-state index is 0.0426. The van der Waals surface area contributed by atoms with Gasteiger partial charge in [-0.1, -0.05) is 18.2 Å². The summed E-state index contributed by atoms with van der Waals surface area (Å²) in [5, 5.41) is 10.9. The molecule has 2 aromatic carbocycles. The molecule has 29 heavy (non-hydrogen) atoms. The SMILES string of the molecule is COc1ccccc1C1CC(=O)N(c2ccc([N+](=O)[O-])cc2)C2=C1C(=O)CCC2. The smallest absolute Gasteiger partial charge is 0.269 e. The number of non-ortho nitro benzene ring substituents is 1. The van der Waals surface area contributed by atoms with Crippen LogP contribution in [-0.2, 0) is 9.59 Å². The van der Waals surface area contributed by atoms with Gasteiger partial charge in [0, 0.05) is 53.4 Å². The van der Waals surface area contributed by atoms with Gasteiger partial charge in [0.15, 0.2) is 5.78 Å². The van der Waals surface area contributed by atoms with Crippen molar-refractivity contribution in [2.75, 3.05) is 12.0 Å². The van der Waals surface area contributed by atoms with Gasteiger partial charge in [-0.25, -0.2) is 0 Å². The number of nitrogens with zero attached hydrogens (tertiary/aromatic N) is 2. The third-order valence-electron chi connectivity index (χ3n) is 5.51. The van der Waals surface area contributed by atoms with E-state index in [1.807, 2.05) is 24.3 Å². The average molecular weight is 392 g/mol. The number of nitro groups is 1. The van der Waals surface area contributed by atoms with E-state index in [-0.39, 0.29) is 29.7 Å². The van der Waals surface area contributed by atoms with Crippen LogP contribution < -0.4 is 9.64 Å². The standard InChI is InChI=1S/C22H20N2O5/c1-29-20-8-3-2-5-16(20)17-13-21(26)23(18-6-4-7-19(25)22(17)18)14-9-11-15(12-10-14)24(27)28/h2-3,5,8-12,17H,4,6-7,13H2,1H3. The predicted molar refractivity (Wildman–Crippen MR) is 107 cm³/mol. The van der Waals surface area contributed by atoms with E-state index in [1.54, 1.807) is 24.1 Å². The molecule has 1 heterocycles. The van der Waals surface area contributed by atoms with Gasteiger partial charge in [0.2, 0.25) is 5.91 Å². The maximum Gasteiger partial charge on any atom is 0.269 e. The van der Waals surface area contributed by atoms with Crippen LogP contribution in [0.5, 0.6) is 5.75 Å². The first-order chi connectivity index (χ1) is 14.0. The molecule has 148 valence electrons. The topological polar surface area (TPSA) is 89.8 Å². The number of carbonyl (C=O) groups excluding carboxylic acids is 2. The molecule has 7 heteroatoms. The maximum absolute atomic E-state index is 13.2. The number of para-hydroxylation sites is 1. The molecule has 0 radical (unpaired) electrons. The van der Waals surface area contributed by atoms with E-state index >= 15 is 0 Å². The van der Waals surface area contributed by atoms with E-state index < -0.39 is 4.92 Å². The van der Waals surface area contributed by atoms with Crippen LogP contribution in [0.1, 0.15) is 37.2 Å². The Bertz CT molecular complexity index is 1030. The number of allylic oxidation sites excluding steroid dienone is 2. The summed E-state index contributed by atoms with van der Waals surface area (Å²) in [5.41, 5.74) is 2.68. The van der Waals surface area contributed by atoms with E-state index in [4.69, 9.17) is 4.74 Å². The fourth-order valence-electron chi connectivity index (χ4n) is 4.24. The number of nitro benzene ring substituents is 1. The molecule has 2 aliphatic rings. The Labute approximate surface area is 167 Å². The second-order valence-electron chi connectivity index (χ2n) is 7.14. The van der Waals surface area contributed by atoms with Gasteiger partial charge in [-0.2, -0.15) is 0 Å². The van der Waals surface area contributed by atoms with Gasteiger partial charge < -0.3 is 4.74 Å². The molecule has 1 aliphatic carbocycles. The molecular formula is C22H20N2O5. The van der Waals surface area contributed by atoms with E-state index in [0.29, 0.717) is 42.0 Å². The van der Waals surface area contributed by atoms with Crippen LogP contribution in [0.4, 0.5) is 11.4 Å². The average Bonchev–Trinajstić information content (AvgIpc) is 2.73. The molecule has 1 aliphatic heterocycles. The zero-order chi connectivity index (χ0) is 20.5. The molecule has 1 amide bonds. The Morgan fingerprint density at radius 2 is 1.79 bits per heavy atom. The van der Waals surface area contributed by atoms with Crippen LogP contribution >= 0.6 is 0 Å². The first-order valence-electron chi connectivity index (χ1n) is 9.48.